The lowest BCUT2D eigenvalue weighted by Gasteiger charge is -2.09. The topological polar surface area (TPSA) is 97.9 Å². The number of nitrogens with two attached hydrogens (primary N) is 1. The number of carbonyl (C=O) groups is 1. The van der Waals surface area contributed by atoms with Crippen molar-refractivity contribution in [2.75, 3.05) is 5.43 Å². The molecular formula is C14H20N6O. The minimum Gasteiger partial charge on any atom is -0.346 e. The fourth-order valence-corrected chi connectivity index (χ4v) is 2.02. The molecule has 2 aromatic rings. The molecule has 21 heavy (non-hydrogen) atoms. The van der Waals surface area contributed by atoms with E-state index in [2.05, 4.69) is 27.7 Å². The van der Waals surface area contributed by atoms with E-state index in [0.717, 1.165) is 24.2 Å². The second-order valence-electron chi connectivity index (χ2n) is 4.76. The molecule has 2 aromatic heterocycles. The molecule has 0 unspecified atom stereocenters. The van der Waals surface area contributed by atoms with E-state index >= 15 is 0 Å². The standard InChI is InChI=1S/C14H20N6O/c1-3-4-11-7-10(8-13(18-11)19-15)14(21)16-9-12-5-6-17-20(12)2/h5-8H,3-4,9,15H2,1-2H3,(H,16,21)(H,18,19). The maximum atomic E-state index is 12.2. The molecule has 0 spiro atoms. The zero-order valence-corrected chi connectivity index (χ0v) is 12.3. The lowest BCUT2D eigenvalue weighted by Crippen LogP contribution is -2.24. The van der Waals surface area contributed by atoms with Crippen molar-refractivity contribution in [3.8, 4) is 0 Å². The highest BCUT2D eigenvalue weighted by molar-refractivity contribution is 5.94. The van der Waals surface area contributed by atoms with Gasteiger partial charge in [-0.05, 0) is 24.6 Å². The Morgan fingerprint density at radius 1 is 1.43 bits per heavy atom. The molecule has 2 heterocycles. The fourth-order valence-electron chi connectivity index (χ4n) is 2.02. The predicted octanol–water partition coefficient (Wildman–Crippen LogP) is 0.983. The summed E-state index contributed by atoms with van der Waals surface area (Å²) >= 11 is 0. The summed E-state index contributed by atoms with van der Waals surface area (Å²) in [5.41, 5.74) is 4.82. The van der Waals surface area contributed by atoms with E-state index in [1.807, 2.05) is 13.1 Å². The summed E-state index contributed by atoms with van der Waals surface area (Å²) in [6.07, 6.45) is 3.46. The Kier molecular flexibility index (Phi) is 4.89. The molecular weight excluding hydrogens is 268 g/mol. The van der Waals surface area contributed by atoms with E-state index in [1.165, 1.54) is 0 Å². The molecule has 7 heteroatoms. The van der Waals surface area contributed by atoms with Crippen molar-refractivity contribution in [2.24, 2.45) is 12.9 Å². The number of nitrogens with zero attached hydrogens (tertiary/aromatic N) is 3. The number of amides is 1. The Morgan fingerprint density at radius 2 is 2.24 bits per heavy atom. The van der Waals surface area contributed by atoms with Gasteiger partial charge in [-0.15, -0.1) is 0 Å². The van der Waals surface area contributed by atoms with Crippen LogP contribution in [-0.2, 0) is 20.0 Å². The van der Waals surface area contributed by atoms with Crippen LogP contribution in [-0.4, -0.2) is 20.7 Å². The fraction of sp³-hybridized carbons (Fsp3) is 0.357. The number of hydrogen-bond acceptors (Lipinski definition) is 5. The highest BCUT2D eigenvalue weighted by atomic mass is 16.1. The van der Waals surface area contributed by atoms with E-state index in [0.29, 0.717) is 17.9 Å². The lowest BCUT2D eigenvalue weighted by atomic mass is 10.1. The van der Waals surface area contributed by atoms with Crippen LogP contribution in [0.4, 0.5) is 5.82 Å². The summed E-state index contributed by atoms with van der Waals surface area (Å²) in [4.78, 5) is 16.6. The Morgan fingerprint density at radius 3 is 2.86 bits per heavy atom. The number of rotatable bonds is 6. The third-order valence-corrected chi connectivity index (χ3v) is 3.15. The molecule has 0 aliphatic heterocycles. The van der Waals surface area contributed by atoms with E-state index in [9.17, 15) is 4.79 Å². The molecule has 0 atom stereocenters. The average Bonchev–Trinajstić information content (AvgIpc) is 2.90. The van der Waals surface area contributed by atoms with Crippen molar-refractivity contribution < 1.29 is 4.79 Å². The van der Waals surface area contributed by atoms with Crippen LogP contribution in [0.2, 0.25) is 0 Å². The largest absolute Gasteiger partial charge is 0.346 e. The number of pyridine rings is 1. The number of nitrogen functional groups attached to an aromatic ring is 1. The summed E-state index contributed by atoms with van der Waals surface area (Å²) in [7, 11) is 1.84. The molecule has 112 valence electrons. The first kappa shape index (κ1) is 15.0. The molecule has 0 saturated carbocycles. The third-order valence-electron chi connectivity index (χ3n) is 3.15. The number of nitrogens with one attached hydrogen (secondary N) is 2. The number of aromatic nitrogens is 3. The summed E-state index contributed by atoms with van der Waals surface area (Å²) in [6.45, 7) is 2.48. The van der Waals surface area contributed by atoms with Gasteiger partial charge in [-0.2, -0.15) is 5.10 Å². The van der Waals surface area contributed by atoms with Gasteiger partial charge in [-0.1, -0.05) is 13.3 Å². The molecule has 0 aromatic carbocycles. The smallest absolute Gasteiger partial charge is 0.251 e. The number of hydrogen-bond donors (Lipinski definition) is 3. The Hall–Kier alpha value is -2.41. The predicted molar refractivity (Wildman–Crippen MR) is 80.4 cm³/mol. The van der Waals surface area contributed by atoms with Gasteiger partial charge >= 0.3 is 0 Å². The van der Waals surface area contributed by atoms with Crippen molar-refractivity contribution in [3.63, 3.8) is 0 Å². The van der Waals surface area contributed by atoms with E-state index in [4.69, 9.17) is 5.84 Å². The minimum atomic E-state index is -0.160. The van der Waals surface area contributed by atoms with Gasteiger partial charge in [0.2, 0.25) is 0 Å². The van der Waals surface area contributed by atoms with Crippen molar-refractivity contribution in [1.29, 1.82) is 0 Å². The third kappa shape index (κ3) is 3.79. The zero-order valence-electron chi connectivity index (χ0n) is 12.3. The van der Waals surface area contributed by atoms with Crippen LogP contribution in [0.25, 0.3) is 0 Å². The number of hydrazine groups is 1. The molecule has 2 rings (SSSR count). The first-order valence-corrected chi connectivity index (χ1v) is 6.86. The Bertz CT molecular complexity index is 622. The molecule has 4 N–H and O–H groups in total. The van der Waals surface area contributed by atoms with E-state index < -0.39 is 0 Å². The SMILES string of the molecule is CCCc1cc(C(=O)NCc2ccnn2C)cc(NN)n1. The maximum absolute atomic E-state index is 12.2. The minimum absolute atomic E-state index is 0.160. The van der Waals surface area contributed by atoms with Crippen molar-refractivity contribution in [3.05, 3.63) is 41.3 Å². The summed E-state index contributed by atoms with van der Waals surface area (Å²) in [5, 5.41) is 6.93. The molecule has 0 aliphatic rings. The summed E-state index contributed by atoms with van der Waals surface area (Å²) in [5.74, 6) is 5.73. The van der Waals surface area contributed by atoms with Crippen LogP contribution in [0.15, 0.2) is 24.4 Å². The van der Waals surface area contributed by atoms with Crippen molar-refractivity contribution >= 4 is 11.7 Å². The monoisotopic (exact) mass is 288 g/mol. The molecule has 0 fully saturated rings. The van der Waals surface area contributed by atoms with E-state index in [-0.39, 0.29) is 5.91 Å². The second-order valence-corrected chi connectivity index (χ2v) is 4.76. The van der Waals surface area contributed by atoms with Crippen LogP contribution < -0.4 is 16.6 Å². The van der Waals surface area contributed by atoms with Crippen LogP contribution >= 0.6 is 0 Å². The highest BCUT2D eigenvalue weighted by Gasteiger charge is 2.10. The van der Waals surface area contributed by atoms with Gasteiger partial charge in [0.05, 0.1) is 12.2 Å². The van der Waals surface area contributed by atoms with Gasteiger partial charge in [0.15, 0.2) is 0 Å². The Balaban J connectivity index is 2.10. The zero-order chi connectivity index (χ0) is 15.2. The van der Waals surface area contributed by atoms with E-state index in [1.54, 1.807) is 23.0 Å². The first-order chi connectivity index (χ1) is 10.1. The first-order valence-electron chi connectivity index (χ1n) is 6.86. The normalized spacial score (nSPS) is 10.4. The van der Waals surface area contributed by atoms with Gasteiger partial charge in [0.1, 0.15) is 5.82 Å². The maximum Gasteiger partial charge on any atom is 0.251 e. The average molecular weight is 288 g/mol. The van der Waals surface area contributed by atoms with Gasteiger partial charge < -0.3 is 10.7 Å². The molecule has 0 radical (unpaired) electrons. The lowest BCUT2D eigenvalue weighted by molar-refractivity contribution is 0.0950. The molecule has 7 nitrogen and oxygen atoms in total. The molecule has 1 amide bonds. The van der Waals surface area contributed by atoms with Gasteiger partial charge in [0, 0.05) is 24.5 Å². The highest BCUT2D eigenvalue weighted by Crippen LogP contribution is 2.11. The molecule has 0 saturated heterocycles. The molecule has 0 bridgehead atoms. The quantitative estimate of drug-likeness (QED) is 0.544. The number of aryl methyl sites for hydroxylation is 2. The second kappa shape index (κ2) is 6.85. The molecule has 0 aliphatic carbocycles. The number of anilines is 1. The van der Waals surface area contributed by atoms with Gasteiger partial charge in [0.25, 0.3) is 5.91 Å². The van der Waals surface area contributed by atoms with Crippen LogP contribution in [0, 0.1) is 0 Å². The van der Waals surface area contributed by atoms with Gasteiger partial charge in [-0.25, -0.2) is 10.8 Å². The summed E-state index contributed by atoms with van der Waals surface area (Å²) in [6, 6.07) is 5.29. The van der Waals surface area contributed by atoms with Crippen LogP contribution in [0.5, 0.6) is 0 Å². The van der Waals surface area contributed by atoms with Crippen LogP contribution in [0.1, 0.15) is 35.1 Å². The van der Waals surface area contributed by atoms with Crippen LogP contribution in [0.3, 0.4) is 0 Å². The van der Waals surface area contributed by atoms with Gasteiger partial charge in [-0.3, -0.25) is 9.48 Å². The number of carbonyl (C=O) groups excluding carboxylic acids is 1. The Labute approximate surface area is 123 Å². The van der Waals surface area contributed by atoms with Crippen molar-refractivity contribution in [2.45, 2.75) is 26.3 Å². The summed E-state index contributed by atoms with van der Waals surface area (Å²) < 4.78 is 1.72. The van der Waals surface area contributed by atoms with Crippen molar-refractivity contribution in [1.82, 2.24) is 20.1 Å².